The van der Waals surface area contributed by atoms with E-state index in [-0.39, 0.29) is 71.1 Å². The van der Waals surface area contributed by atoms with E-state index in [0.717, 1.165) is 15.6 Å². The molecule has 2 unspecified atom stereocenters. The molecular weight excluding hydrogens is 829 g/mol. The first-order valence-corrected chi connectivity index (χ1v) is 21.9. The van der Waals surface area contributed by atoms with Gasteiger partial charge in [-0.2, -0.15) is 21.0 Å². The second-order valence-electron chi connectivity index (χ2n) is 15.7. The van der Waals surface area contributed by atoms with Gasteiger partial charge in [-0.05, 0) is 79.6 Å². The van der Waals surface area contributed by atoms with Gasteiger partial charge < -0.3 is 40.2 Å². The molecule has 5 aromatic rings. The predicted molar refractivity (Wildman–Crippen MR) is 237 cm³/mol. The summed E-state index contributed by atoms with van der Waals surface area (Å²) in [6.45, 7) is 5.33. The third-order valence-corrected chi connectivity index (χ3v) is 13.3. The molecular formula is C42H46N6O9S3. The average Bonchev–Trinajstić information content (AvgIpc) is 3.87. The quantitative estimate of drug-likeness (QED) is 0.0374. The van der Waals surface area contributed by atoms with Crippen molar-refractivity contribution in [1.82, 2.24) is 4.57 Å². The monoisotopic (exact) mass is 874 g/mol. The Balaban J connectivity index is 0.953. The van der Waals surface area contributed by atoms with Gasteiger partial charge >= 0.3 is 0 Å². The lowest BCUT2D eigenvalue weighted by molar-refractivity contribution is -0.117. The first-order valence-electron chi connectivity index (χ1n) is 19.2. The van der Waals surface area contributed by atoms with Crippen molar-refractivity contribution < 1.29 is 41.6 Å². The van der Waals surface area contributed by atoms with Crippen LogP contribution >= 0.6 is 24.0 Å². The molecule has 5 N–H and O–H groups in total. The van der Waals surface area contributed by atoms with Crippen LogP contribution in [0.3, 0.4) is 0 Å². The summed E-state index contributed by atoms with van der Waals surface area (Å²) in [4.78, 5) is 52.1. The van der Waals surface area contributed by atoms with Crippen LogP contribution in [0.1, 0.15) is 72.9 Å². The Morgan fingerprint density at radius 1 is 1.00 bits per heavy atom. The lowest BCUT2D eigenvalue weighted by Crippen LogP contribution is -2.58. The number of rotatable bonds is 14. The fourth-order valence-corrected chi connectivity index (χ4v) is 9.24. The minimum atomic E-state index is -4.76. The number of hydrogen-bond acceptors (Lipinski definition) is 11. The van der Waals surface area contributed by atoms with Crippen LogP contribution in [-0.2, 0) is 33.2 Å². The number of thiol groups is 1. The van der Waals surface area contributed by atoms with E-state index in [9.17, 15) is 32.1 Å². The van der Waals surface area contributed by atoms with Crippen molar-refractivity contribution >= 4 is 95.5 Å². The molecule has 2 atom stereocenters. The zero-order valence-corrected chi connectivity index (χ0v) is 36.1. The number of carbonyl (C=O) groups excluding carboxylic acids is 4. The van der Waals surface area contributed by atoms with Gasteiger partial charge in [-0.1, -0.05) is 32.0 Å². The molecule has 0 spiro atoms. The number of carbonyl (C=O) groups is 4. The average molecular weight is 875 g/mol. The Morgan fingerprint density at radius 3 is 2.48 bits per heavy atom. The van der Waals surface area contributed by atoms with Gasteiger partial charge in [0.15, 0.2) is 16.4 Å². The van der Waals surface area contributed by atoms with Crippen LogP contribution in [0.4, 0.5) is 27.8 Å². The smallest absolute Gasteiger partial charge is 0.290 e. The molecule has 2 aliphatic rings. The third-order valence-electron chi connectivity index (χ3n) is 10.6. The number of aromatic nitrogens is 1. The van der Waals surface area contributed by atoms with Crippen molar-refractivity contribution in [2.24, 2.45) is 7.05 Å². The van der Waals surface area contributed by atoms with Crippen molar-refractivity contribution in [2.45, 2.75) is 68.5 Å². The number of nitrogens with one attached hydrogen (secondary N) is 4. The zero-order chi connectivity index (χ0) is 43.1. The van der Waals surface area contributed by atoms with E-state index in [1.54, 1.807) is 48.1 Å². The standard InChI is InChI=1S/C42H46N6O9S3/c1-41(2,58)15-14-37(50)45-38-19-25-17-26(12-13-34(25)59-38)44-39(51)31-20-27(23-47(31)4)43-36(49)11-8-16-57-33-22-29-28(21-32(33)56-5)40(52)48-30-10-7-6-9-24(30)18-35(48)42(3,46-29)60(53,54)55/h6-7,9-10,12-13,17,19-23,35,46,58H,8,11,14-16,18H2,1-5H3,(H,43,49)(H,44,51)(H,45,50)(H,53,54,55). The van der Waals surface area contributed by atoms with E-state index < -0.39 is 26.9 Å². The minimum Gasteiger partial charge on any atom is -0.493 e. The molecule has 7 rings (SSSR count). The maximum atomic E-state index is 14.0. The van der Waals surface area contributed by atoms with E-state index in [0.29, 0.717) is 40.6 Å². The van der Waals surface area contributed by atoms with Crippen LogP contribution in [0, 0.1) is 0 Å². The normalized spacial score (nSPS) is 17.2. The second-order valence-corrected chi connectivity index (χ2v) is 19.8. The SMILES string of the molecule is COc1cc2c(cc1OCCCC(=O)Nc1cc(C(=O)Nc3ccc4sc(NC(=O)CCC(C)(C)S)cc4c3)n(C)c1)NC(C)(S(=O)(=O)O)C1Cc3ccccc3N1C2=O. The van der Waals surface area contributed by atoms with Gasteiger partial charge in [0.25, 0.3) is 21.9 Å². The van der Waals surface area contributed by atoms with Crippen molar-refractivity contribution in [1.29, 1.82) is 0 Å². The van der Waals surface area contributed by atoms with Crippen molar-refractivity contribution in [3.8, 4) is 11.5 Å². The summed E-state index contributed by atoms with van der Waals surface area (Å²) in [6.07, 6.45) is 3.17. The van der Waals surface area contributed by atoms with Gasteiger partial charge in [-0.3, -0.25) is 23.7 Å². The van der Waals surface area contributed by atoms with Crippen LogP contribution in [0.25, 0.3) is 10.1 Å². The Morgan fingerprint density at radius 2 is 1.75 bits per heavy atom. The molecule has 2 aliphatic heterocycles. The van der Waals surface area contributed by atoms with Crippen molar-refractivity contribution in [2.75, 3.05) is 39.9 Å². The summed E-state index contributed by atoms with van der Waals surface area (Å²) >= 11 is 5.93. The highest BCUT2D eigenvalue weighted by molar-refractivity contribution is 7.87. The van der Waals surface area contributed by atoms with E-state index in [4.69, 9.17) is 9.47 Å². The van der Waals surface area contributed by atoms with Crippen molar-refractivity contribution in [3.63, 3.8) is 0 Å². The molecule has 0 bridgehead atoms. The maximum Gasteiger partial charge on any atom is 0.290 e. The fraction of sp³-hybridized carbons (Fsp3) is 0.333. The third kappa shape index (κ3) is 8.82. The molecule has 0 aliphatic carbocycles. The molecule has 60 heavy (non-hydrogen) atoms. The Hall–Kier alpha value is -5.56. The number of aryl methyl sites for hydroxylation is 1. The van der Waals surface area contributed by atoms with Gasteiger partial charge in [0.2, 0.25) is 11.8 Å². The molecule has 0 radical (unpaired) electrons. The highest BCUT2D eigenvalue weighted by Gasteiger charge is 2.55. The summed E-state index contributed by atoms with van der Waals surface area (Å²) < 4.78 is 50.2. The van der Waals surface area contributed by atoms with Crippen LogP contribution in [0.15, 0.2) is 72.9 Å². The number of ether oxygens (including phenoxy) is 2. The molecule has 0 fully saturated rings. The molecule has 15 nitrogen and oxygen atoms in total. The summed E-state index contributed by atoms with van der Waals surface area (Å²) in [5.74, 6) is -0.830. The second kappa shape index (κ2) is 16.5. The van der Waals surface area contributed by atoms with Gasteiger partial charge in [0.05, 0.1) is 41.7 Å². The maximum absolute atomic E-state index is 14.0. The van der Waals surface area contributed by atoms with Gasteiger partial charge in [0.1, 0.15) is 5.69 Å². The topological polar surface area (TPSA) is 197 Å². The molecule has 0 saturated heterocycles. The van der Waals surface area contributed by atoms with Gasteiger partial charge in [-0.15, -0.1) is 11.3 Å². The van der Waals surface area contributed by atoms with Crippen LogP contribution < -0.4 is 35.6 Å². The first kappa shape index (κ1) is 42.6. The lowest BCUT2D eigenvalue weighted by atomic mass is 10.0. The van der Waals surface area contributed by atoms with E-state index in [1.165, 1.54) is 42.4 Å². The number of thiophene rings is 1. The summed E-state index contributed by atoms with van der Waals surface area (Å²) in [7, 11) is -1.66. The number of methoxy groups -OCH3 is 1. The molecule has 3 aromatic carbocycles. The number of fused-ring (bicyclic) bond motifs is 5. The molecule has 316 valence electrons. The number of benzene rings is 3. The number of para-hydroxylation sites is 1. The Bertz CT molecular complexity index is 2630. The highest BCUT2D eigenvalue weighted by Crippen LogP contribution is 2.46. The predicted octanol–water partition coefficient (Wildman–Crippen LogP) is 7.33. The molecule has 4 heterocycles. The van der Waals surface area contributed by atoms with Crippen LogP contribution in [0.2, 0.25) is 0 Å². The molecule has 2 aromatic heterocycles. The Kier molecular flexibility index (Phi) is 11.7. The first-order chi connectivity index (χ1) is 28.3. The van der Waals surface area contributed by atoms with Crippen LogP contribution in [0.5, 0.6) is 11.5 Å². The number of nitrogens with zero attached hydrogens (tertiary/aromatic N) is 2. The number of anilines is 5. The summed E-state index contributed by atoms with van der Waals surface area (Å²) in [6, 6.07) is 18.0. The van der Waals surface area contributed by atoms with E-state index >= 15 is 0 Å². The molecule has 0 saturated carbocycles. The fourth-order valence-electron chi connectivity index (χ4n) is 7.40. The largest absolute Gasteiger partial charge is 0.493 e. The molecule has 18 heteroatoms. The zero-order valence-electron chi connectivity index (χ0n) is 33.6. The van der Waals surface area contributed by atoms with Crippen molar-refractivity contribution in [3.05, 3.63) is 89.7 Å². The minimum absolute atomic E-state index is 0.0629. The highest BCUT2D eigenvalue weighted by atomic mass is 32.2. The van der Waals surface area contributed by atoms with E-state index in [2.05, 4.69) is 33.9 Å². The lowest BCUT2D eigenvalue weighted by Gasteiger charge is -2.36. The van der Waals surface area contributed by atoms with Crippen LogP contribution in [-0.4, -0.2) is 70.5 Å². The number of amides is 4. The molecule has 4 amide bonds. The number of hydrogen-bond donors (Lipinski definition) is 6. The summed E-state index contributed by atoms with van der Waals surface area (Å²) in [5, 5.41) is 13.2. The van der Waals surface area contributed by atoms with Gasteiger partial charge in [-0.25, -0.2) is 0 Å². The summed E-state index contributed by atoms with van der Waals surface area (Å²) in [5.41, 5.74) is 2.91. The Labute approximate surface area is 357 Å². The van der Waals surface area contributed by atoms with Gasteiger partial charge in [0, 0.05) is 53.0 Å². The van der Waals surface area contributed by atoms with E-state index in [1.807, 2.05) is 38.1 Å².